The van der Waals surface area contributed by atoms with Crippen molar-refractivity contribution in [3.63, 3.8) is 0 Å². The molecule has 0 spiro atoms. The molecule has 0 saturated carbocycles. The van der Waals surface area contributed by atoms with Crippen LogP contribution >= 0.6 is 21.6 Å². The fourth-order valence-electron chi connectivity index (χ4n) is 1.95. The number of hydrogen-bond acceptors (Lipinski definition) is 8. The van der Waals surface area contributed by atoms with Crippen LogP contribution in [0.5, 0.6) is 0 Å². The molecule has 1 amide bonds. The first kappa shape index (κ1) is 37.8. The fraction of sp³-hybridized carbons (Fsp3) is 0.615. The van der Waals surface area contributed by atoms with Crippen LogP contribution in [0.15, 0.2) is 24.3 Å². The highest BCUT2D eigenvalue weighted by Crippen LogP contribution is 2.37. The largest absolute Gasteiger partial charge is 0.372 e. The fourth-order valence-corrected chi connectivity index (χ4v) is 3.57. The molecule has 0 radical (unpaired) electrons. The number of hydrogen-bond donors (Lipinski definition) is 3. The van der Waals surface area contributed by atoms with E-state index in [1.165, 1.54) is 5.56 Å². The van der Waals surface area contributed by atoms with Crippen LogP contribution in [-0.2, 0) is 19.1 Å². The number of likely N-dealkylation sites (N-methyl/N-ethyl adjacent to an activating group) is 1. The van der Waals surface area contributed by atoms with Gasteiger partial charge in [-0.15, -0.1) is 0 Å². The molecule has 1 rings (SSSR count). The zero-order valence-corrected chi connectivity index (χ0v) is 24.4. The lowest BCUT2D eigenvalue weighted by Crippen LogP contribution is -2.25. The number of carbonyl (C=O) groups excluding carboxylic acids is 2. The summed E-state index contributed by atoms with van der Waals surface area (Å²) >= 11 is 0. The molecule has 35 heavy (non-hydrogen) atoms. The molecule has 1 atom stereocenters. The molecule has 0 fully saturated rings. The Balaban J connectivity index is -0.000000500. The van der Waals surface area contributed by atoms with Crippen LogP contribution in [0, 0.1) is 24.8 Å². The first-order valence-corrected chi connectivity index (χ1v) is 14.5. The summed E-state index contributed by atoms with van der Waals surface area (Å²) in [6.45, 7) is 15.8. The second kappa shape index (κ2) is 32.3. The lowest BCUT2D eigenvalue weighted by Gasteiger charge is -2.16. The summed E-state index contributed by atoms with van der Waals surface area (Å²) in [4.78, 5) is 19.7. The number of amides is 1. The SMILES string of the molecule is CC.CCNCCNC=O.CNC#CC(C)C.CSSC(OCCOCC=O)c1ccc(C)cc1. The topological polar surface area (TPSA) is 88.7 Å². The van der Waals surface area contributed by atoms with Gasteiger partial charge in [0, 0.05) is 32.1 Å². The van der Waals surface area contributed by atoms with Crippen LogP contribution in [0.1, 0.15) is 51.2 Å². The zero-order chi connectivity index (χ0) is 27.2. The normalized spacial score (nSPS) is 9.97. The van der Waals surface area contributed by atoms with E-state index in [1.807, 2.05) is 34.1 Å². The van der Waals surface area contributed by atoms with E-state index < -0.39 is 0 Å². The molecule has 1 aromatic rings. The molecular formula is C26H47N3O4S2. The Bertz CT molecular complexity index is 636. The minimum Gasteiger partial charge on any atom is -0.372 e. The second-order valence-corrected chi connectivity index (χ2v) is 9.25. The Morgan fingerprint density at radius 3 is 2.20 bits per heavy atom. The van der Waals surface area contributed by atoms with Crippen LogP contribution < -0.4 is 16.0 Å². The Kier molecular flexibility index (Phi) is 34.9. The van der Waals surface area contributed by atoms with Gasteiger partial charge in [-0.25, -0.2) is 0 Å². The van der Waals surface area contributed by atoms with Crippen molar-refractivity contribution in [2.75, 3.05) is 52.8 Å². The monoisotopic (exact) mass is 529 g/mol. The average molecular weight is 530 g/mol. The van der Waals surface area contributed by atoms with Gasteiger partial charge in [-0.1, -0.05) is 92.0 Å². The maximum Gasteiger partial charge on any atom is 0.207 e. The minimum atomic E-state index is 0.000399. The highest BCUT2D eigenvalue weighted by Gasteiger charge is 2.11. The average Bonchev–Trinajstić information content (AvgIpc) is 2.87. The number of benzene rings is 1. The van der Waals surface area contributed by atoms with E-state index >= 15 is 0 Å². The van der Waals surface area contributed by atoms with Crippen molar-refractivity contribution in [1.29, 1.82) is 0 Å². The Morgan fingerprint density at radius 2 is 1.74 bits per heavy atom. The van der Waals surface area contributed by atoms with Gasteiger partial charge in [-0.2, -0.15) is 0 Å². The maximum absolute atomic E-state index is 10.1. The third kappa shape index (κ3) is 30.3. The number of nitrogens with one attached hydrogen (secondary N) is 3. The molecule has 7 nitrogen and oxygen atoms in total. The first-order valence-electron chi connectivity index (χ1n) is 11.9. The number of ether oxygens (including phenoxy) is 2. The van der Waals surface area contributed by atoms with Crippen LogP contribution in [0.4, 0.5) is 0 Å². The Hall–Kier alpha value is -1.70. The maximum atomic E-state index is 10.1. The van der Waals surface area contributed by atoms with Crippen molar-refractivity contribution in [3.05, 3.63) is 35.4 Å². The summed E-state index contributed by atoms with van der Waals surface area (Å²) in [6, 6.07) is 11.1. The minimum absolute atomic E-state index is 0.000399. The van der Waals surface area contributed by atoms with Crippen molar-refractivity contribution in [3.8, 4) is 12.0 Å². The van der Waals surface area contributed by atoms with Gasteiger partial charge in [-0.05, 0) is 25.3 Å². The lowest BCUT2D eigenvalue weighted by atomic mass is 10.2. The van der Waals surface area contributed by atoms with E-state index in [1.54, 1.807) is 21.6 Å². The molecule has 0 heterocycles. The van der Waals surface area contributed by atoms with E-state index in [-0.39, 0.29) is 12.0 Å². The molecule has 202 valence electrons. The van der Waals surface area contributed by atoms with E-state index in [0.29, 0.717) is 25.5 Å². The molecule has 0 aromatic heterocycles. The van der Waals surface area contributed by atoms with Gasteiger partial charge >= 0.3 is 0 Å². The predicted molar refractivity (Wildman–Crippen MR) is 153 cm³/mol. The van der Waals surface area contributed by atoms with Gasteiger partial charge < -0.3 is 30.2 Å². The molecule has 3 N–H and O–H groups in total. The zero-order valence-electron chi connectivity index (χ0n) is 22.8. The number of aldehydes is 1. The summed E-state index contributed by atoms with van der Waals surface area (Å²) in [5, 5.41) is 8.34. The first-order chi connectivity index (χ1) is 17.0. The van der Waals surface area contributed by atoms with Crippen LogP contribution in [0.2, 0.25) is 0 Å². The third-order valence-electron chi connectivity index (χ3n) is 3.48. The number of aryl methyl sites for hydroxylation is 1. The molecule has 0 aliphatic heterocycles. The van der Waals surface area contributed by atoms with Crippen molar-refractivity contribution in [2.24, 2.45) is 5.92 Å². The molecule has 0 aliphatic carbocycles. The van der Waals surface area contributed by atoms with Gasteiger partial charge in [-0.3, -0.25) is 4.79 Å². The summed E-state index contributed by atoms with van der Waals surface area (Å²) in [6.07, 6.45) is 3.48. The molecule has 1 unspecified atom stereocenters. The molecule has 9 heteroatoms. The predicted octanol–water partition coefficient (Wildman–Crippen LogP) is 4.43. The van der Waals surface area contributed by atoms with Crippen LogP contribution in [-0.4, -0.2) is 65.5 Å². The van der Waals surface area contributed by atoms with Crippen molar-refractivity contribution < 1.29 is 19.1 Å². The van der Waals surface area contributed by atoms with Gasteiger partial charge in [0.15, 0.2) is 0 Å². The Morgan fingerprint density at radius 1 is 1.09 bits per heavy atom. The van der Waals surface area contributed by atoms with Crippen molar-refractivity contribution >= 4 is 34.3 Å². The van der Waals surface area contributed by atoms with Gasteiger partial charge in [0.1, 0.15) is 18.3 Å². The summed E-state index contributed by atoms with van der Waals surface area (Å²) < 4.78 is 10.8. The Labute approximate surface area is 222 Å². The standard InChI is InChI=1S/C13H18O3S2.C6H11N.C5H12N2O.C2H6/c1-11-3-5-12(6-4-11)13(18-17-2)16-10-9-15-8-7-14;1-6(2)4-5-7-3;1-2-6-3-4-7-5-8;1-2/h3-7,13H,8-10H2,1-2H3;6-7H,1-3H3;5-6H,2-4H2,1H3,(H,7,8);1-2H3. The smallest absolute Gasteiger partial charge is 0.207 e. The van der Waals surface area contributed by atoms with Crippen molar-refractivity contribution in [2.45, 2.75) is 47.0 Å². The third-order valence-corrected chi connectivity index (χ3v) is 5.36. The van der Waals surface area contributed by atoms with Gasteiger partial charge in [0.2, 0.25) is 6.41 Å². The summed E-state index contributed by atoms with van der Waals surface area (Å²) in [5.41, 5.74) is 2.39. The van der Waals surface area contributed by atoms with E-state index in [9.17, 15) is 9.59 Å². The van der Waals surface area contributed by atoms with Gasteiger partial charge in [0.25, 0.3) is 0 Å². The molecule has 1 aromatic carbocycles. The van der Waals surface area contributed by atoms with E-state index in [4.69, 9.17) is 9.47 Å². The van der Waals surface area contributed by atoms with E-state index in [2.05, 4.69) is 73.0 Å². The number of carbonyl (C=O) groups is 2. The molecule has 0 bridgehead atoms. The van der Waals surface area contributed by atoms with E-state index in [0.717, 1.165) is 31.5 Å². The highest BCUT2D eigenvalue weighted by molar-refractivity contribution is 8.76. The van der Waals surface area contributed by atoms with Gasteiger partial charge in [0.05, 0.1) is 13.2 Å². The number of rotatable bonds is 14. The summed E-state index contributed by atoms with van der Waals surface area (Å²) in [5.74, 6) is 3.41. The second-order valence-electron chi connectivity index (χ2n) is 6.72. The summed E-state index contributed by atoms with van der Waals surface area (Å²) in [7, 11) is 5.16. The molecule has 0 aliphatic rings. The van der Waals surface area contributed by atoms with Crippen LogP contribution in [0.25, 0.3) is 0 Å². The van der Waals surface area contributed by atoms with Crippen LogP contribution in [0.3, 0.4) is 0 Å². The quantitative estimate of drug-likeness (QED) is 0.0815. The van der Waals surface area contributed by atoms with Crippen molar-refractivity contribution in [1.82, 2.24) is 16.0 Å². The molecular weight excluding hydrogens is 482 g/mol. The highest BCUT2D eigenvalue weighted by atomic mass is 33.1. The molecule has 0 saturated heterocycles. The lowest BCUT2D eigenvalue weighted by molar-refractivity contribution is -0.112.